The predicted molar refractivity (Wildman–Crippen MR) is 112 cm³/mol. The predicted octanol–water partition coefficient (Wildman–Crippen LogP) is 4.28. The Balaban J connectivity index is 1.66. The van der Waals surface area contributed by atoms with Gasteiger partial charge in [0, 0.05) is 11.6 Å². The third-order valence-corrected chi connectivity index (χ3v) is 4.57. The van der Waals surface area contributed by atoms with Crippen LogP contribution in [0.2, 0.25) is 0 Å². The first-order valence-electron chi connectivity index (χ1n) is 9.40. The normalized spacial score (nSPS) is 11.5. The molecule has 0 aliphatic carbocycles. The molecule has 0 aliphatic rings. The number of benzene rings is 2. The van der Waals surface area contributed by atoms with E-state index < -0.39 is 10.8 Å². The number of nitro groups is 1. The summed E-state index contributed by atoms with van der Waals surface area (Å²) in [6, 6.07) is 14.1. The molecule has 1 atom stereocenters. The number of carbonyl (C=O) groups is 1. The first-order valence-corrected chi connectivity index (χ1v) is 9.40. The summed E-state index contributed by atoms with van der Waals surface area (Å²) >= 11 is 0. The van der Waals surface area contributed by atoms with Gasteiger partial charge in [0.25, 0.3) is 5.91 Å². The van der Waals surface area contributed by atoms with Crippen molar-refractivity contribution in [1.29, 1.82) is 0 Å². The fourth-order valence-corrected chi connectivity index (χ4v) is 2.98. The maximum Gasteiger partial charge on any atom is 0.310 e. The molecule has 0 radical (unpaired) electrons. The van der Waals surface area contributed by atoms with Gasteiger partial charge in [-0.1, -0.05) is 12.1 Å². The van der Waals surface area contributed by atoms with Gasteiger partial charge < -0.3 is 23.9 Å². The molecule has 0 aliphatic heterocycles. The maximum atomic E-state index is 12.6. The van der Waals surface area contributed by atoms with Crippen LogP contribution in [0.1, 0.15) is 34.8 Å². The van der Waals surface area contributed by atoms with Gasteiger partial charge in [0.2, 0.25) is 0 Å². The second kappa shape index (κ2) is 9.66. The Hall–Kier alpha value is -4.01. The monoisotopic (exact) mass is 426 g/mol. The van der Waals surface area contributed by atoms with Gasteiger partial charge >= 0.3 is 5.69 Å². The highest BCUT2D eigenvalue weighted by Gasteiger charge is 2.19. The Morgan fingerprint density at radius 1 is 1.10 bits per heavy atom. The van der Waals surface area contributed by atoms with Crippen LogP contribution in [0.5, 0.6) is 17.2 Å². The molecule has 2 aromatic carbocycles. The average molecular weight is 426 g/mol. The van der Waals surface area contributed by atoms with Crippen molar-refractivity contribution in [2.45, 2.75) is 19.6 Å². The van der Waals surface area contributed by atoms with E-state index in [0.717, 1.165) is 5.56 Å². The highest BCUT2D eigenvalue weighted by molar-refractivity contribution is 5.91. The van der Waals surface area contributed by atoms with Crippen LogP contribution in [0.15, 0.2) is 59.0 Å². The Morgan fingerprint density at radius 2 is 1.87 bits per heavy atom. The van der Waals surface area contributed by atoms with Crippen molar-refractivity contribution in [3.05, 3.63) is 81.8 Å². The molecular weight excluding hydrogens is 404 g/mol. The van der Waals surface area contributed by atoms with Crippen molar-refractivity contribution in [3.63, 3.8) is 0 Å². The third kappa shape index (κ3) is 5.13. The minimum atomic E-state index is -0.523. The first kappa shape index (κ1) is 21.7. The van der Waals surface area contributed by atoms with Crippen LogP contribution < -0.4 is 19.5 Å². The van der Waals surface area contributed by atoms with E-state index in [-0.39, 0.29) is 29.8 Å². The summed E-state index contributed by atoms with van der Waals surface area (Å²) in [7, 11) is 3.11. The van der Waals surface area contributed by atoms with Crippen molar-refractivity contribution in [1.82, 2.24) is 5.32 Å². The lowest BCUT2D eigenvalue weighted by Gasteiger charge is -2.17. The van der Waals surface area contributed by atoms with Crippen molar-refractivity contribution in [2.75, 3.05) is 14.2 Å². The van der Waals surface area contributed by atoms with Crippen LogP contribution in [0, 0.1) is 10.1 Å². The minimum Gasteiger partial charge on any atom is -0.497 e. The number of amides is 1. The molecule has 0 bridgehead atoms. The summed E-state index contributed by atoms with van der Waals surface area (Å²) in [5.41, 5.74) is 0.606. The van der Waals surface area contributed by atoms with Gasteiger partial charge in [0.1, 0.15) is 23.9 Å². The molecule has 162 valence electrons. The number of furan rings is 1. The Labute approximate surface area is 178 Å². The largest absolute Gasteiger partial charge is 0.497 e. The van der Waals surface area contributed by atoms with Gasteiger partial charge in [-0.05, 0) is 43.3 Å². The molecule has 0 spiro atoms. The van der Waals surface area contributed by atoms with Crippen LogP contribution in [0.3, 0.4) is 0 Å². The van der Waals surface area contributed by atoms with Gasteiger partial charge in [-0.2, -0.15) is 0 Å². The Kier molecular flexibility index (Phi) is 6.76. The summed E-state index contributed by atoms with van der Waals surface area (Å²) in [6.07, 6.45) is 0. The summed E-state index contributed by atoms with van der Waals surface area (Å²) < 4.78 is 21.6. The molecular formula is C22H22N2O7. The van der Waals surface area contributed by atoms with Crippen molar-refractivity contribution < 1.29 is 28.3 Å². The van der Waals surface area contributed by atoms with Crippen LogP contribution >= 0.6 is 0 Å². The van der Waals surface area contributed by atoms with Crippen LogP contribution in [-0.4, -0.2) is 25.1 Å². The lowest BCUT2D eigenvalue weighted by Crippen LogP contribution is -2.26. The zero-order valence-corrected chi connectivity index (χ0v) is 17.3. The standard InChI is InChI=1S/C22H22N2O7/c1-14(17-12-15(28-2)8-10-19(17)29-3)23-22(25)21-11-9-16(31-21)13-30-20-7-5-4-6-18(20)24(26)27/h4-12,14H,13H2,1-3H3,(H,23,25). The molecule has 0 saturated heterocycles. The van der Waals surface area contributed by atoms with Gasteiger partial charge in [-0.15, -0.1) is 0 Å². The fraction of sp³-hybridized carbons (Fsp3) is 0.227. The Morgan fingerprint density at radius 3 is 2.58 bits per heavy atom. The number of hydrogen-bond donors (Lipinski definition) is 1. The quantitative estimate of drug-likeness (QED) is 0.401. The molecule has 1 heterocycles. The van der Waals surface area contributed by atoms with E-state index in [1.54, 1.807) is 50.6 Å². The van der Waals surface area contributed by atoms with Crippen LogP contribution in [0.25, 0.3) is 0 Å². The van der Waals surface area contributed by atoms with E-state index in [4.69, 9.17) is 18.6 Å². The summed E-state index contributed by atoms with van der Waals surface area (Å²) in [5, 5.41) is 13.9. The zero-order chi connectivity index (χ0) is 22.4. The molecule has 3 rings (SSSR count). The number of ether oxygens (including phenoxy) is 3. The van der Waals surface area contributed by atoms with Gasteiger partial charge in [0.05, 0.1) is 25.2 Å². The molecule has 9 nitrogen and oxygen atoms in total. The molecule has 1 unspecified atom stereocenters. The smallest absolute Gasteiger partial charge is 0.310 e. The van der Waals surface area contributed by atoms with E-state index in [9.17, 15) is 14.9 Å². The number of nitrogens with zero attached hydrogens (tertiary/aromatic N) is 1. The van der Waals surface area contributed by atoms with E-state index in [1.807, 2.05) is 6.92 Å². The molecule has 31 heavy (non-hydrogen) atoms. The number of nitro benzene ring substituents is 1. The Bertz CT molecular complexity index is 1080. The molecule has 9 heteroatoms. The molecule has 0 fully saturated rings. The highest BCUT2D eigenvalue weighted by atomic mass is 16.6. The minimum absolute atomic E-state index is 0.0581. The fourth-order valence-electron chi connectivity index (χ4n) is 2.98. The zero-order valence-electron chi connectivity index (χ0n) is 17.3. The van der Waals surface area contributed by atoms with Crippen molar-refractivity contribution >= 4 is 11.6 Å². The summed E-state index contributed by atoms with van der Waals surface area (Å²) in [4.78, 5) is 23.1. The average Bonchev–Trinajstić information content (AvgIpc) is 3.26. The lowest BCUT2D eigenvalue weighted by molar-refractivity contribution is -0.386. The van der Waals surface area contributed by atoms with Gasteiger partial charge in [-0.25, -0.2) is 0 Å². The first-order chi connectivity index (χ1) is 14.9. The molecule has 0 saturated carbocycles. The van der Waals surface area contributed by atoms with Crippen LogP contribution in [0.4, 0.5) is 5.69 Å². The third-order valence-electron chi connectivity index (χ3n) is 4.57. The van der Waals surface area contributed by atoms with Crippen molar-refractivity contribution in [2.24, 2.45) is 0 Å². The van der Waals surface area contributed by atoms with Gasteiger partial charge in [-0.3, -0.25) is 14.9 Å². The van der Waals surface area contributed by atoms with Crippen molar-refractivity contribution in [3.8, 4) is 17.2 Å². The number of para-hydroxylation sites is 2. The second-order valence-corrected chi connectivity index (χ2v) is 6.58. The second-order valence-electron chi connectivity index (χ2n) is 6.58. The molecule has 3 aromatic rings. The number of rotatable bonds is 9. The van der Waals surface area contributed by atoms with Gasteiger partial charge in [0.15, 0.2) is 11.5 Å². The van der Waals surface area contributed by atoms with E-state index in [0.29, 0.717) is 17.3 Å². The lowest BCUT2D eigenvalue weighted by atomic mass is 10.1. The molecule has 1 amide bonds. The number of carbonyl (C=O) groups excluding carboxylic acids is 1. The van der Waals surface area contributed by atoms with Crippen LogP contribution in [-0.2, 0) is 6.61 Å². The number of hydrogen-bond acceptors (Lipinski definition) is 7. The molecule has 1 N–H and O–H groups in total. The number of methoxy groups -OCH3 is 2. The van der Waals surface area contributed by atoms with E-state index >= 15 is 0 Å². The molecule has 1 aromatic heterocycles. The topological polar surface area (TPSA) is 113 Å². The maximum absolute atomic E-state index is 12.6. The summed E-state index contributed by atoms with van der Waals surface area (Å²) in [6.45, 7) is 1.76. The number of nitrogens with one attached hydrogen (secondary N) is 1. The SMILES string of the molecule is COc1ccc(OC)c(C(C)NC(=O)c2ccc(COc3ccccc3[N+](=O)[O-])o2)c1. The highest BCUT2D eigenvalue weighted by Crippen LogP contribution is 2.30. The summed E-state index contributed by atoms with van der Waals surface area (Å²) in [5.74, 6) is 1.41. The van der Waals surface area contributed by atoms with E-state index in [1.165, 1.54) is 18.2 Å². The van der Waals surface area contributed by atoms with E-state index in [2.05, 4.69) is 5.32 Å².